The van der Waals surface area contributed by atoms with Crippen molar-refractivity contribution < 1.29 is 17.4 Å². The monoisotopic (exact) mass is 370 g/mol. The van der Waals surface area contributed by atoms with E-state index in [1.165, 1.54) is 12.1 Å². The molecule has 0 fully saturated rings. The fourth-order valence-corrected chi connectivity index (χ4v) is 3.05. The molecule has 0 aliphatic rings. The topological polar surface area (TPSA) is 42.0 Å². The highest BCUT2D eigenvalue weighted by Gasteiger charge is 2.31. The largest absolute Gasteiger partial charge is 0.416 e. The minimum Gasteiger partial charge on any atom is -0.259 e. The van der Waals surface area contributed by atoms with Crippen molar-refractivity contribution in [3.05, 3.63) is 65.0 Å². The maximum Gasteiger partial charge on any atom is 0.416 e. The van der Waals surface area contributed by atoms with Crippen molar-refractivity contribution >= 4 is 11.0 Å². The van der Waals surface area contributed by atoms with Crippen molar-refractivity contribution in [2.24, 2.45) is 0 Å². The molecule has 1 aromatic heterocycles. The summed E-state index contributed by atoms with van der Waals surface area (Å²) < 4.78 is 53.4. The van der Waals surface area contributed by atoms with Crippen LogP contribution in [0.5, 0.6) is 0 Å². The summed E-state index contributed by atoms with van der Waals surface area (Å²) in [7, 11) is -1.41. The molecule has 2 unspecified atom stereocenters. The van der Waals surface area contributed by atoms with E-state index in [2.05, 4.69) is 9.71 Å². The van der Waals surface area contributed by atoms with Crippen LogP contribution in [-0.2, 0) is 17.2 Å². The van der Waals surface area contributed by atoms with Crippen LogP contribution in [0.25, 0.3) is 0 Å². The zero-order valence-electron chi connectivity index (χ0n) is 14.5. The second-order valence-corrected chi connectivity index (χ2v) is 8.76. The van der Waals surface area contributed by atoms with Gasteiger partial charge in [0.2, 0.25) is 0 Å². The lowest BCUT2D eigenvalue weighted by Crippen LogP contribution is -2.36. The van der Waals surface area contributed by atoms with Crippen LogP contribution in [0.1, 0.15) is 49.2 Å². The molecule has 1 N–H and O–H groups in total. The molecule has 1 aromatic carbocycles. The Labute approximate surface area is 148 Å². The second kappa shape index (κ2) is 7.25. The Bertz CT molecular complexity index is 752. The van der Waals surface area contributed by atoms with Crippen molar-refractivity contribution in [1.29, 1.82) is 0 Å². The van der Waals surface area contributed by atoms with Crippen LogP contribution in [0.3, 0.4) is 0 Å². The van der Waals surface area contributed by atoms with Gasteiger partial charge in [0.05, 0.1) is 33.0 Å². The molecule has 0 aliphatic heterocycles. The lowest BCUT2D eigenvalue weighted by molar-refractivity contribution is -0.137. The molecule has 0 saturated carbocycles. The lowest BCUT2D eigenvalue weighted by atomic mass is 9.99. The average molecular weight is 370 g/mol. The summed E-state index contributed by atoms with van der Waals surface area (Å²) in [5.41, 5.74) is 1.36. The summed E-state index contributed by atoms with van der Waals surface area (Å²) in [4.78, 5) is 4.34. The standard InChI is InChI=1S/C18H21F3N2OS/c1-12-6-5-11-22-15(12)16(23-25(24)17(2,3)4)13-7-9-14(10-8-13)18(19,20)21/h5-11,16,23H,1-4H3. The maximum absolute atomic E-state index is 12.8. The number of nitrogens with zero attached hydrogens (tertiary/aromatic N) is 1. The number of halogens is 3. The Hall–Kier alpha value is -1.73. The number of hydrogen-bond acceptors (Lipinski definition) is 2. The number of aromatic nitrogens is 1. The normalized spacial score (nSPS) is 15.0. The van der Waals surface area contributed by atoms with E-state index in [1.54, 1.807) is 12.3 Å². The fourth-order valence-electron chi connectivity index (χ4n) is 2.23. The molecule has 0 aliphatic carbocycles. The van der Waals surface area contributed by atoms with Crippen molar-refractivity contribution in [3.8, 4) is 0 Å². The van der Waals surface area contributed by atoms with Gasteiger partial charge in [-0.1, -0.05) is 18.2 Å². The van der Waals surface area contributed by atoms with E-state index in [9.17, 15) is 17.4 Å². The first-order valence-corrected chi connectivity index (χ1v) is 8.92. The molecule has 0 radical (unpaired) electrons. The zero-order valence-corrected chi connectivity index (χ0v) is 15.3. The van der Waals surface area contributed by atoms with Crippen LogP contribution in [0.15, 0.2) is 42.6 Å². The molecule has 25 heavy (non-hydrogen) atoms. The Balaban J connectivity index is 2.45. The quantitative estimate of drug-likeness (QED) is 0.858. The van der Waals surface area contributed by atoms with Crippen LogP contribution in [-0.4, -0.2) is 13.9 Å². The van der Waals surface area contributed by atoms with Crippen molar-refractivity contribution in [3.63, 3.8) is 0 Å². The molecule has 136 valence electrons. The van der Waals surface area contributed by atoms with Gasteiger partial charge in [-0.3, -0.25) is 4.98 Å². The predicted octanol–water partition coefficient (Wildman–Crippen LogP) is 4.55. The highest BCUT2D eigenvalue weighted by molar-refractivity contribution is 7.84. The van der Waals surface area contributed by atoms with E-state index in [0.29, 0.717) is 11.3 Å². The van der Waals surface area contributed by atoms with Crippen LogP contribution < -0.4 is 4.72 Å². The molecule has 7 heteroatoms. The summed E-state index contributed by atoms with van der Waals surface area (Å²) in [6, 6.07) is 7.93. The first-order valence-electron chi connectivity index (χ1n) is 7.77. The average Bonchev–Trinajstić information content (AvgIpc) is 2.51. The third-order valence-electron chi connectivity index (χ3n) is 3.68. The summed E-state index contributed by atoms with van der Waals surface area (Å²) in [5.74, 6) is 0. The van der Waals surface area contributed by atoms with E-state index in [1.807, 2.05) is 33.8 Å². The van der Waals surface area contributed by atoms with Gasteiger partial charge in [-0.15, -0.1) is 0 Å². The SMILES string of the molecule is Cc1cccnc1C(NS(=O)C(C)(C)C)c1ccc(C(F)(F)F)cc1. The van der Waals surface area contributed by atoms with Crippen LogP contribution in [0.2, 0.25) is 0 Å². The number of aryl methyl sites for hydroxylation is 1. The molecule has 2 rings (SSSR count). The molecular formula is C18H21F3N2OS. The van der Waals surface area contributed by atoms with Crippen molar-refractivity contribution in [1.82, 2.24) is 9.71 Å². The van der Waals surface area contributed by atoms with E-state index in [-0.39, 0.29) is 0 Å². The summed E-state index contributed by atoms with van der Waals surface area (Å²) in [5, 5.41) is 0. The first-order chi connectivity index (χ1) is 11.5. The van der Waals surface area contributed by atoms with E-state index in [4.69, 9.17) is 0 Å². The van der Waals surface area contributed by atoms with E-state index >= 15 is 0 Å². The van der Waals surface area contributed by atoms with Gasteiger partial charge < -0.3 is 0 Å². The number of alkyl halides is 3. The first kappa shape index (κ1) is 19.6. The van der Waals surface area contributed by atoms with Crippen LogP contribution in [0.4, 0.5) is 13.2 Å². The highest BCUT2D eigenvalue weighted by atomic mass is 32.2. The van der Waals surface area contributed by atoms with Gasteiger partial charge in [0.25, 0.3) is 0 Å². The molecule has 1 heterocycles. The van der Waals surface area contributed by atoms with Gasteiger partial charge in [-0.05, 0) is 57.0 Å². The summed E-state index contributed by atoms with van der Waals surface area (Å²) in [6.07, 6.45) is -2.78. The smallest absolute Gasteiger partial charge is 0.259 e. The number of benzene rings is 1. The summed E-state index contributed by atoms with van der Waals surface area (Å²) >= 11 is 0. The van der Waals surface area contributed by atoms with Gasteiger partial charge in [-0.25, -0.2) is 8.93 Å². The zero-order chi connectivity index (χ0) is 18.8. The molecule has 0 amide bonds. The van der Waals surface area contributed by atoms with Gasteiger partial charge in [0.15, 0.2) is 0 Å². The Kier molecular flexibility index (Phi) is 5.68. The van der Waals surface area contributed by atoms with E-state index in [0.717, 1.165) is 17.7 Å². The Morgan fingerprint density at radius 3 is 2.16 bits per heavy atom. The lowest BCUT2D eigenvalue weighted by Gasteiger charge is -2.25. The molecule has 3 nitrogen and oxygen atoms in total. The van der Waals surface area contributed by atoms with Gasteiger partial charge in [0, 0.05) is 6.20 Å². The molecule has 2 aromatic rings. The Morgan fingerprint density at radius 2 is 1.68 bits per heavy atom. The fraction of sp³-hybridized carbons (Fsp3) is 0.389. The third kappa shape index (κ3) is 4.89. The number of pyridine rings is 1. The highest BCUT2D eigenvalue weighted by Crippen LogP contribution is 2.31. The second-order valence-electron chi connectivity index (χ2n) is 6.76. The van der Waals surface area contributed by atoms with Crippen molar-refractivity contribution in [2.45, 2.75) is 44.7 Å². The van der Waals surface area contributed by atoms with Gasteiger partial charge >= 0.3 is 6.18 Å². The van der Waals surface area contributed by atoms with Crippen LogP contribution >= 0.6 is 0 Å². The number of nitrogens with one attached hydrogen (secondary N) is 1. The Morgan fingerprint density at radius 1 is 1.08 bits per heavy atom. The molecule has 2 atom stereocenters. The minimum atomic E-state index is -4.39. The predicted molar refractivity (Wildman–Crippen MR) is 93.3 cm³/mol. The minimum absolute atomic E-state index is 0.521. The van der Waals surface area contributed by atoms with Crippen LogP contribution in [0, 0.1) is 6.92 Å². The summed E-state index contributed by atoms with van der Waals surface area (Å²) in [6.45, 7) is 7.34. The van der Waals surface area contributed by atoms with Gasteiger partial charge in [-0.2, -0.15) is 13.2 Å². The van der Waals surface area contributed by atoms with Crippen molar-refractivity contribution in [2.75, 3.05) is 0 Å². The maximum atomic E-state index is 12.8. The number of hydrogen-bond donors (Lipinski definition) is 1. The van der Waals surface area contributed by atoms with Gasteiger partial charge in [0.1, 0.15) is 0 Å². The molecular weight excluding hydrogens is 349 g/mol. The molecule has 0 bridgehead atoms. The van der Waals surface area contributed by atoms with E-state index < -0.39 is 33.5 Å². The molecule has 0 saturated heterocycles. The number of rotatable bonds is 4. The third-order valence-corrected chi connectivity index (χ3v) is 5.24. The molecule has 0 spiro atoms.